The Morgan fingerprint density at radius 3 is 2.40 bits per heavy atom. The summed E-state index contributed by atoms with van der Waals surface area (Å²) in [6.07, 6.45) is 2.09. The van der Waals surface area contributed by atoms with Crippen LogP contribution in [0.25, 0.3) is 5.69 Å². The molecule has 14 nitrogen and oxygen atoms in total. The van der Waals surface area contributed by atoms with Gasteiger partial charge in [0.25, 0.3) is 5.69 Å². The van der Waals surface area contributed by atoms with Crippen LogP contribution in [0, 0.1) is 34.1 Å². The molecule has 3 aromatic heterocycles. The number of furan rings is 1. The second kappa shape index (κ2) is 13.1. The lowest BCUT2D eigenvalue weighted by molar-refractivity contribution is -0.385. The number of halogens is 1. The Morgan fingerprint density at radius 1 is 1.02 bits per heavy atom. The number of carbonyl (C=O) groups is 1. The van der Waals surface area contributed by atoms with E-state index in [0.717, 1.165) is 41.6 Å². The van der Waals surface area contributed by atoms with E-state index in [1.165, 1.54) is 18.2 Å². The van der Waals surface area contributed by atoms with E-state index in [9.17, 15) is 25.0 Å². The third-order valence-electron chi connectivity index (χ3n) is 6.39. The molecule has 228 valence electrons. The molecule has 0 aliphatic carbocycles. The van der Waals surface area contributed by atoms with Crippen LogP contribution in [0.15, 0.2) is 88.5 Å². The van der Waals surface area contributed by atoms with Crippen LogP contribution in [0.4, 0.5) is 11.4 Å². The van der Waals surface area contributed by atoms with E-state index in [-0.39, 0.29) is 40.3 Å². The summed E-state index contributed by atoms with van der Waals surface area (Å²) in [7, 11) is 0. The number of hydrogen-bond acceptors (Lipinski definition) is 10. The van der Waals surface area contributed by atoms with Gasteiger partial charge in [0.2, 0.25) is 11.6 Å². The van der Waals surface area contributed by atoms with Gasteiger partial charge in [-0.2, -0.15) is 5.10 Å². The molecule has 5 rings (SSSR count). The van der Waals surface area contributed by atoms with Crippen LogP contribution >= 0.6 is 11.6 Å². The van der Waals surface area contributed by atoms with Crippen LogP contribution in [-0.2, 0) is 6.61 Å². The lowest BCUT2D eigenvalue weighted by Crippen LogP contribution is -2.16. The van der Waals surface area contributed by atoms with Crippen LogP contribution in [-0.4, -0.2) is 31.5 Å². The van der Waals surface area contributed by atoms with Gasteiger partial charge < -0.3 is 18.5 Å². The predicted octanol–water partition coefficient (Wildman–Crippen LogP) is 6.69. The Kier molecular flexibility index (Phi) is 8.86. The van der Waals surface area contributed by atoms with Gasteiger partial charge in [-0.15, -0.1) is 0 Å². The van der Waals surface area contributed by atoms with Gasteiger partial charge in [-0.3, -0.25) is 25.0 Å². The van der Waals surface area contributed by atoms with Crippen molar-refractivity contribution in [3.05, 3.63) is 133 Å². The second-order valence-electron chi connectivity index (χ2n) is 9.52. The number of nitrogens with one attached hydrogen (secondary N) is 1. The highest BCUT2D eigenvalue weighted by molar-refractivity contribution is 6.32. The molecule has 0 unspecified atom stereocenters. The predicted molar refractivity (Wildman–Crippen MR) is 162 cm³/mol. The minimum Gasteiger partial charge on any atom is -0.486 e. The first-order valence-corrected chi connectivity index (χ1v) is 13.5. The summed E-state index contributed by atoms with van der Waals surface area (Å²) in [6, 6.07) is 19.5. The third kappa shape index (κ3) is 7.14. The van der Waals surface area contributed by atoms with Crippen LogP contribution in [0.3, 0.4) is 0 Å². The van der Waals surface area contributed by atoms with Crippen molar-refractivity contribution in [1.29, 1.82) is 0 Å². The number of amides is 1. The maximum Gasteiger partial charge on any atom is 0.313 e. The molecule has 0 aliphatic rings. The van der Waals surface area contributed by atoms with Gasteiger partial charge in [0, 0.05) is 40.8 Å². The minimum absolute atomic E-state index is 0.0250. The molecule has 2 aromatic carbocycles. The van der Waals surface area contributed by atoms with Gasteiger partial charge in [-0.25, -0.2) is 10.4 Å². The summed E-state index contributed by atoms with van der Waals surface area (Å²) >= 11 is 6.23. The van der Waals surface area contributed by atoms with Crippen LogP contribution in [0.2, 0.25) is 5.02 Å². The van der Waals surface area contributed by atoms with Gasteiger partial charge in [0.1, 0.15) is 24.3 Å². The summed E-state index contributed by atoms with van der Waals surface area (Å²) in [5.41, 5.74) is 4.93. The summed E-state index contributed by atoms with van der Waals surface area (Å²) in [4.78, 5) is 37.4. The average molecular weight is 631 g/mol. The van der Waals surface area contributed by atoms with Gasteiger partial charge in [-0.1, -0.05) is 11.6 Å². The molecule has 0 bridgehead atoms. The Morgan fingerprint density at radius 2 is 1.76 bits per heavy atom. The smallest absolute Gasteiger partial charge is 0.313 e. The van der Waals surface area contributed by atoms with E-state index in [0.29, 0.717) is 11.5 Å². The number of ether oxygens (including phenoxy) is 2. The van der Waals surface area contributed by atoms with Crippen molar-refractivity contribution in [3.8, 4) is 23.1 Å². The van der Waals surface area contributed by atoms with Crippen LogP contribution in [0.5, 0.6) is 17.4 Å². The van der Waals surface area contributed by atoms with Crippen LogP contribution in [0.1, 0.15) is 33.3 Å². The normalized spacial score (nSPS) is 11.0. The second-order valence-corrected chi connectivity index (χ2v) is 9.93. The number of aromatic nitrogens is 2. The van der Waals surface area contributed by atoms with Crippen molar-refractivity contribution in [2.24, 2.45) is 5.10 Å². The van der Waals surface area contributed by atoms with E-state index < -0.39 is 21.4 Å². The van der Waals surface area contributed by atoms with Gasteiger partial charge >= 0.3 is 11.6 Å². The third-order valence-corrected chi connectivity index (χ3v) is 6.67. The molecule has 15 heteroatoms. The number of nitro benzene ring substituents is 1. The maximum atomic E-state index is 12.5. The molecule has 0 atom stereocenters. The fourth-order valence-corrected chi connectivity index (χ4v) is 4.54. The van der Waals surface area contributed by atoms with E-state index in [1.54, 1.807) is 6.07 Å². The summed E-state index contributed by atoms with van der Waals surface area (Å²) < 4.78 is 18.9. The lowest BCUT2D eigenvalue weighted by atomic mass is 10.2. The number of hydrogen-bond donors (Lipinski definition) is 1. The van der Waals surface area contributed by atoms with E-state index in [1.807, 2.05) is 38.1 Å². The molecule has 0 aliphatic heterocycles. The van der Waals surface area contributed by atoms with Crippen LogP contribution < -0.4 is 14.9 Å². The molecule has 5 aromatic rings. The largest absolute Gasteiger partial charge is 0.486 e. The van der Waals surface area contributed by atoms with E-state index in [4.69, 9.17) is 25.5 Å². The summed E-state index contributed by atoms with van der Waals surface area (Å²) in [5, 5.41) is 26.2. The Balaban J connectivity index is 1.18. The number of rotatable bonds is 11. The summed E-state index contributed by atoms with van der Waals surface area (Å²) in [6.45, 7) is 4.16. The molecular weight excluding hydrogens is 608 g/mol. The SMILES string of the molecule is Cc1ccc(C)n1-c1ccc(OCc2ccc(C(=O)N/N=C/c3cc(Cl)c(Oc4ccc([N+](=O)[O-])cn4)c([N+](=O)[O-])c3)o2)cc1. The van der Waals surface area contributed by atoms with E-state index >= 15 is 0 Å². The molecule has 1 N–H and O–H groups in total. The van der Waals surface area contributed by atoms with Gasteiger partial charge in [0.05, 0.1) is 21.1 Å². The van der Waals surface area contributed by atoms with Crippen molar-refractivity contribution < 1.29 is 28.5 Å². The van der Waals surface area contributed by atoms with Crippen molar-refractivity contribution in [1.82, 2.24) is 15.0 Å². The van der Waals surface area contributed by atoms with Crippen molar-refractivity contribution in [2.45, 2.75) is 20.5 Å². The lowest BCUT2D eigenvalue weighted by Gasteiger charge is -2.10. The zero-order valence-corrected chi connectivity index (χ0v) is 24.4. The molecule has 0 spiro atoms. The standard InChI is InChI=1S/C30H23ClN6O8/c1-18-3-4-19(2)35(18)21-5-8-23(9-6-21)43-17-24-10-11-27(44-24)30(38)34-33-15-20-13-25(31)29(26(14-20)37(41)42)45-28-12-7-22(16-32-28)36(39)40/h3-16H,17H2,1-2H3,(H,34,38)/b33-15+. The molecule has 0 saturated heterocycles. The van der Waals surface area contributed by atoms with Crippen molar-refractivity contribution >= 4 is 35.1 Å². The number of pyridine rings is 1. The summed E-state index contributed by atoms with van der Waals surface area (Å²) in [5.74, 6) is -0.116. The fraction of sp³-hybridized carbons (Fsp3) is 0.100. The van der Waals surface area contributed by atoms with E-state index in [2.05, 4.69) is 32.2 Å². The fourth-order valence-electron chi connectivity index (χ4n) is 4.28. The molecule has 0 saturated carbocycles. The zero-order chi connectivity index (χ0) is 32.1. The Labute approximate surface area is 259 Å². The molecule has 3 heterocycles. The number of hydrazone groups is 1. The van der Waals surface area contributed by atoms with Gasteiger partial charge in [0.15, 0.2) is 5.76 Å². The highest BCUT2D eigenvalue weighted by atomic mass is 35.5. The number of carbonyl (C=O) groups excluding carboxylic acids is 1. The molecular formula is C30H23ClN6O8. The zero-order valence-electron chi connectivity index (χ0n) is 23.7. The number of nitro groups is 2. The Hall–Kier alpha value is -6.02. The molecule has 45 heavy (non-hydrogen) atoms. The first kappa shape index (κ1) is 30.4. The molecule has 0 radical (unpaired) electrons. The number of aryl methyl sites for hydroxylation is 2. The first-order valence-electron chi connectivity index (χ1n) is 13.2. The average Bonchev–Trinajstić information content (AvgIpc) is 3.63. The van der Waals surface area contributed by atoms with Gasteiger partial charge in [-0.05, 0) is 68.4 Å². The maximum absolute atomic E-state index is 12.5. The monoisotopic (exact) mass is 630 g/mol. The van der Waals surface area contributed by atoms with Crippen molar-refractivity contribution in [3.63, 3.8) is 0 Å². The quantitative estimate of drug-likeness (QED) is 0.0946. The minimum atomic E-state index is -0.729. The highest BCUT2D eigenvalue weighted by Gasteiger charge is 2.22. The number of nitrogens with zero attached hydrogens (tertiary/aromatic N) is 5. The molecule has 0 fully saturated rings. The molecule has 1 amide bonds. The number of benzene rings is 2. The first-order chi connectivity index (χ1) is 21.6. The Bertz CT molecular complexity index is 1900. The van der Waals surface area contributed by atoms with Crippen molar-refractivity contribution in [2.75, 3.05) is 0 Å². The topological polar surface area (TPSA) is 177 Å². The highest BCUT2D eigenvalue weighted by Crippen LogP contribution is 2.38.